The smallest absolute Gasteiger partial charge is 0.387 e. The highest BCUT2D eigenvalue weighted by Gasteiger charge is 2.26. The van der Waals surface area contributed by atoms with Gasteiger partial charge in [0.05, 0.1) is 6.10 Å². The highest BCUT2D eigenvalue weighted by atomic mass is 19.3. The summed E-state index contributed by atoms with van der Waals surface area (Å²) in [6, 6.07) is 7.24. The summed E-state index contributed by atoms with van der Waals surface area (Å²) in [6.45, 7) is -0.832. The number of para-hydroxylation sites is 1. The van der Waals surface area contributed by atoms with Gasteiger partial charge in [0.2, 0.25) is 0 Å². The second-order valence-corrected chi connectivity index (χ2v) is 5.17. The van der Waals surface area contributed by atoms with Crippen LogP contribution in [0.2, 0.25) is 0 Å². The van der Waals surface area contributed by atoms with E-state index in [1.54, 1.807) is 19.2 Å². The number of alkyl halides is 2. The fourth-order valence-corrected chi connectivity index (χ4v) is 2.79. The maximum absolute atomic E-state index is 12.4. The van der Waals surface area contributed by atoms with Crippen LogP contribution in [0, 0.1) is 0 Å². The van der Waals surface area contributed by atoms with Gasteiger partial charge in [-0.3, -0.25) is 0 Å². The minimum atomic E-state index is -2.80. The molecule has 3 unspecified atom stereocenters. The molecule has 1 aliphatic rings. The van der Waals surface area contributed by atoms with Crippen molar-refractivity contribution < 1.29 is 18.3 Å². The number of ether oxygens (including phenoxy) is 2. The fourth-order valence-electron chi connectivity index (χ4n) is 2.79. The number of hydrogen-bond donors (Lipinski definition) is 1. The molecule has 0 amide bonds. The van der Waals surface area contributed by atoms with Gasteiger partial charge >= 0.3 is 6.61 Å². The number of benzene rings is 1. The Kier molecular flexibility index (Phi) is 5.31. The molecular weight excluding hydrogens is 264 g/mol. The van der Waals surface area contributed by atoms with Crippen LogP contribution in [0.1, 0.15) is 37.8 Å². The molecule has 1 aromatic carbocycles. The molecule has 1 saturated carbocycles. The highest BCUT2D eigenvalue weighted by molar-refractivity contribution is 5.35. The Morgan fingerprint density at radius 1 is 1.25 bits per heavy atom. The topological polar surface area (TPSA) is 30.5 Å². The average molecular weight is 285 g/mol. The molecule has 2 rings (SSSR count). The van der Waals surface area contributed by atoms with E-state index in [9.17, 15) is 8.78 Å². The van der Waals surface area contributed by atoms with Crippen molar-refractivity contribution in [1.29, 1.82) is 0 Å². The van der Waals surface area contributed by atoms with E-state index in [1.165, 1.54) is 0 Å². The molecule has 112 valence electrons. The first-order chi connectivity index (χ1) is 9.60. The minimum absolute atomic E-state index is 0.0365. The van der Waals surface area contributed by atoms with Gasteiger partial charge in [0, 0.05) is 24.8 Å². The average Bonchev–Trinajstić information content (AvgIpc) is 2.86. The molecule has 0 aliphatic heterocycles. The van der Waals surface area contributed by atoms with E-state index in [-0.39, 0.29) is 11.8 Å². The van der Waals surface area contributed by atoms with E-state index in [0.717, 1.165) is 24.8 Å². The molecule has 1 N–H and O–H groups in total. The Balaban J connectivity index is 2.00. The van der Waals surface area contributed by atoms with Crippen LogP contribution in [0.3, 0.4) is 0 Å². The molecule has 0 radical (unpaired) electrons. The predicted molar refractivity (Wildman–Crippen MR) is 73.1 cm³/mol. The van der Waals surface area contributed by atoms with Gasteiger partial charge < -0.3 is 14.8 Å². The van der Waals surface area contributed by atoms with Gasteiger partial charge in [0.1, 0.15) is 5.75 Å². The Hall–Kier alpha value is -1.20. The summed E-state index contributed by atoms with van der Waals surface area (Å²) in [4.78, 5) is 0. The lowest BCUT2D eigenvalue weighted by Crippen LogP contribution is -2.30. The zero-order valence-corrected chi connectivity index (χ0v) is 11.8. The van der Waals surface area contributed by atoms with Gasteiger partial charge in [0.25, 0.3) is 0 Å². The Morgan fingerprint density at radius 3 is 2.65 bits per heavy atom. The molecule has 0 spiro atoms. The molecule has 0 bridgehead atoms. The summed E-state index contributed by atoms with van der Waals surface area (Å²) < 4.78 is 34.7. The van der Waals surface area contributed by atoms with Crippen LogP contribution in [0.25, 0.3) is 0 Å². The highest BCUT2D eigenvalue weighted by Crippen LogP contribution is 2.29. The fraction of sp³-hybridized carbons (Fsp3) is 0.600. The van der Waals surface area contributed by atoms with Crippen molar-refractivity contribution in [2.45, 2.75) is 51.0 Å². The molecule has 3 atom stereocenters. The van der Waals surface area contributed by atoms with Crippen LogP contribution in [0.15, 0.2) is 24.3 Å². The van der Waals surface area contributed by atoms with Crippen molar-refractivity contribution >= 4 is 0 Å². The lowest BCUT2D eigenvalue weighted by Gasteiger charge is -2.22. The monoisotopic (exact) mass is 285 g/mol. The third-order valence-electron chi connectivity index (χ3n) is 3.81. The molecule has 1 aromatic rings. The van der Waals surface area contributed by atoms with Crippen LogP contribution in [0.5, 0.6) is 5.75 Å². The lowest BCUT2D eigenvalue weighted by molar-refractivity contribution is -0.0506. The maximum Gasteiger partial charge on any atom is 0.387 e. The second-order valence-electron chi connectivity index (χ2n) is 5.17. The molecule has 3 nitrogen and oxygen atoms in total. The quantitative estimate of drug-likeness (QED) is 0.867. The van der Waals surface area contributed by atoms with Crippen molar-refractivity contribution in [3.8, 4) is 5.75 Å². The molecular formula is C15H21F2NO2. The number of halogens is 2. The van der Waals surface area contributed by atoms with E-state index < -0.39 is 6.61 Å². The Bertz CT molecular complexity index is 428. The number of hydrogen-bond acceptors (Lipinski definition) is 3. The van der Waals surface area contributed by atoms with E-state index >= 15 is 0 Å². The molecule has 0 heterocycles. The standard InChI is InChI=1S/C15H21F2NO2/c1-10(18-11-7-8-12(9-11)19-2)13-5-3-4-6-14(13)20-15(16)17/h3-6,10-12,15,18H,7-9H2,1-2H3. The molecule has 5 heteroatoms. The summed E-state index contributed by atoms with van der Waals surface area (Å²) in [7, 11) is 1.72. The van der Waals surface area contributed by atoms with Gasteiger partial charge in [-0.2, -0.15) is 8.78 Å². The van der Waals surface area contributed by atoms with Crippen molar-refractivity contribution in [3.63, 3.8) is 0 Å². The van der Waals surface area contributed by atoms with Gasteiger partial charge in [-0.1, -0.05) is 18.2 Å². The van der Waals surface area contributed by atoms with Gasteiger partial charge in [0.15, 0.2) is 0 Å². The third kappa shape index (κ3) is 3.90. The number of rotatable bonds is 6. The summed E-state index contributed by atoms with van der Waals surface area (Å²) >= 11 is 0. The number of methoxy groups -OCH3 is 1. The molecule has 0 saturated heterocycles. The Morgan fingerprint density at radius 2 is 2.00 bits per heavy atom. The zero-order chi connectivity index (χ0) is 14.5. The van der Waals surface area contributed by atoms with E-state index in [0.29, 0.717) is 12.1 Å². The van der Waals surface area contributed by atoms with Gasteiger partial charge in [-0.15, -0.1) is 0 Å². The van der Waals surface area contributed by atoms with Gasteiger partial charge in [-0.05, 0) is 32.3 Å². The summed E-state index contributed by atoms with van der Waals surface area (Å²) in [6.07, 6.45) is 3.34. The summed E-state index contributed by atoms with van der Waals surface area (Å²) in [5, 5.41) is 3.47. The third-order valence-corrected chi connectivity index (χ3v) is 3.81. The number of nitrogens with one attached hydrogen (secondary N) is 1. The van der Waals surface area contributed by atoms with Crippen LogP contribution < -0.4 is 10.1 Å². The second kappa shape index (κ2) is 6.99. The predicted octanol–water partition coefficient (Wildman–Crippen LogP) is 3.51. The minimum Gasteiger partial charge on any atom is -0.434 e. The summed E-state index contributed by atoms with van der Waals surface area (Å²) in [5.74, 6) is 0.240. The molecule has 20 heavy (non-hydrogen) atoms. The van der Waals surface area contributed by atoms with Crippen LogP contribution in [0.4, 0.5) is 8.78 Å². The normalized spacial score (nSPS) is 24.1. The first kappa shape index (κ1) is 15.2. The Labute approximate surface area is 118 Å². The van der Waals surface area contributed by atoms with E-state index in [1.807, 2.05) is 19.1 Å². The van der Waals surface area contributed by atoms with E-state index in [4.69, 9.17) is 4.74 Å². The largest absolute Gasteiger partial charge is 0.434 e. The SMILES string of the molecule is COC1CCC(NC(C)c2ccccc2OC(F)F)C1. The van der Waals surface area contributed by atoms with Crippen molar-refractivity contribution in [2.24, 2.45) is 0 Å². The molecule has 1 fully saturated rings. The van der Waals surface area contributed by atoms with Gasteiger partial charge in [-0.25, -0.2) is 0 Å². The maximum atomic E-state index is 12.4. The van der Waals surface area contributed by atoms with E-state index in [2.05, 4.69) is 10.1 Å². The van der Waals surface area contributed by atoms with Crippen LogP contribution in [-0.4, -0.2) is 25.9 Å². The molecule has 1 aliphatic carbocycles. The lowest BCUT2D eigenvalue weighted by atomic mass is 10.1. The van der Waals surface area contributed by atoms with Crippen molar-refractivity contribution in [1.82, 2.24) is 5.32 Å². The van der Waals surface area contributed by atoms with Crippen LogP contribution in [-0.2, 0) is 4.74 Å². The summed E-state index contributed by atoms with van der Waals surface area (Å²) in [5.41, 5.74) is 0.758. The first-order valence-corrected chi connectivity index (χ1v) is 6.92. The first-order valence-electron chi connectivity index (χ1n) is 6.92. The van der Waals surface area contributed by atoms with Crippen molar-refractivity contribution in [3.05, 3.63) is 29.8 Å². The van der Waals surface area contributed by atoms with Crippen molar-refractivity contribution in [2.75, 3.05) is 7.11 Å². The zero-order valence-electron chi connectivity index (χ0n) is 11.8. The van der Waals surface area contributed by atoms with Crippen LogP contribution >= 0.6 is 0 Å². The molecule has 0 aromatic heterocycles.